The number of halogens is 6. The summed E-state index contributed by atoms with van der Waals surface area (Å²) in [4.78, 5) is 26.5. The summed E-state index contributed by atoms with van der Waals surface area (Å²) in [5.74, 6) is -0.590. The van der Waals surface area contributed by atoms with Crippen molar-refractivity contribution in [3.05, 3.63) is 70.8 Å². The molecule has 0 aliphatic carbocycles. The molecule has 4 atom stereocenters. The minimum absolute atomic E-state index is 0.0541. The number of hydrogen-bond acceptors (Lipinski definition) is 5. The van der Waals surface area contributed by atoms with Gasteiger partial charge in [0.15, 0.2) is 5.78 Å². The first-order valence-corrected chi connectivity index (χ1v) is 14.2. The predicted octanol–water partition coefficient (Wildman–Crippen LogP) is 6.34. The maximum absolute atomic E-state index is 13.8. The van der Waals surface area contributed by atoms with Crippen LogP contribution < -0.4 is 10.6 Å². The summed E-state index contributed by atoms with van der Waals surface area (Å²) in [5.41, 5.74) is -4.36. The van der Waals surface area contributed by atoms with E-state index in [4.69, 9.17) is 9.47 Å². The van der Waals surface area contributed by atoms with E-state index >= 15 is 0 Å². The highest BCUT2D eigenvalue weighted by Crippen LogP contribution is 2.41. The molecule has 4 rings (SSSR count). The van der Waals surface area contributed by atoms with Gasteiger partial charge in [-0.2, -0.15) is 26.3 Å². The molecular formula is C31H36F6N2O4. The lowest BCUT2D eigenvalue weighted by Gasteiger charge is -2.47. The first-order chi connectivity index (χ1) is 20.2. The summed E-state index contributed by atoms with van der Waals surface area (Å²) < 4.78 is 91.9. The number of amides is 1. The highest BCUT2D eigenvalue weighted by Gasteiger charge is 2.51. The van der Waals surface area contributed by atoms with Gasteiger partial charge in [0.25, 0.3) is 0 Å². The van der Waals surface area contributed by atoms with Crippen molar-refractivity contribution in [1.29, 1.82) is 0 Å². The minimum atomic E-state index is -4.97. The summed E-state index contributed by atoms with van der Waals surface area (Å²) in [6.45, 7) is 1.88. The molecule has 2 aromatic carbocycles. The van der Waals surface area contributed by atoms with E-state index in [1.165, 1.54) is 6.92 Å². The molecule has 0 bridgehead atoms. The number of rotatable bonds is 9. The van der Waals surface area contributed by atoms with E-state index in [-0.39, 0.29) is 55.2 Å². The third kappa shape index (κ3) is 7.58. The second-order valence-corrected chi connectivity index (χ2v) is 11.5. The number of ether oxygens (including phenoxy) is 2. The van der Waals surface area contributed by atoms with E-state index in [9.17, 15) is 35.9 Å². The highest BCUT2D eigenvalue weighted by molar-refractivity contribution is 5.96. The second kappa shape index (κ2) is 13.0. The Balaban J connectivity index is 1.59. The van der Waals surface area contributed by atoms with Gasteiger partial charge < -0.3 is 20.1 Å². The molecule has 2 saturated heterocycles. The molecule has 2 fully saturated rings. The maximum Gasteiger partial charge on any atom is 0.416 e. The molecule has 1 spiro atoms. The Morgan fingerprint density at radius 2 is 1.63 bits per heavy atom. The lowest BCUT2D eigenvalue weighted by atomic mass is 9.72. The maximum atomic E-state index is 13.8. The van der Waals surface area contributed by atoms with Gasteiger partial charge in [-0.25, -0.2) is 0 Å². The fourth-order valence-corrected chi connectivity index (χ4v) is 6.00. The van der Waals surface area contributed by atoms with Crippen molar-refractivity contribution >= 4 is 11.7 Å². The molecule has 0 radical (unpaired) electrons. The van der Waals surface area contributed by atoms with Crippen LogP contribution in [0.3, 0.4) is 0 Å². The van der Waals surface area contributed by atoms with Gasteiger partial charge in [0, 0.05) is 32.6 Å². The lowest BCUT2D eigenvalue weighted by molar-refractivity contribution is -0.143. The Bertz CT molecular complexity index is 1240. The predicted molar refractivity (Wildman–Crippen MR) is 146 cm³/mol. The van der Waals surface area contributed by atoms with Gasteiger partial charge >= 0.3 is 12.4 Å². The first kappa shape index (κ1) is 32.9. The minimum Gasteiger partial charge on any atom is -0.385 e. The van der Waals surface area contributed by atoms with Crippen LogP contribution in [0.5, 0.6) is 0 Å². The first-order valence-electron chi connectivity index (χ1n) is 14.2. The van der Waals surface area contributed by atoms with Crippen LogP contribution in [0.15, 0.2) is 48.5 Å². The molecule has 2 aliphatic rings. The zero-order valence-corrected chi connectivity index (χ0v) is 24.0. The average molecular weight is 615 g/mol. The second-order valence-electron chi connectivity index (χ2n) is 11.5. The summed E-state index contributed by atoms with van der Waals surface area (Å²) in [6.07, 6.45) is -8.54. The number of ketones is 1. The molecule has 43 heavy (non-hydrogen) atoms. The monoisotopic (exact) mass is 614 g/mol. The molecule has 12 heteroatoms. The summed E-state index contributed by atoms with van der Waals surface area (Å²) in [7, 11) is 1.58. The number of methoxy groups -OCH3 is 1. The van der Waals surface area contributed by atoms with E-state index in [0.29, 0.717) is 44.4 Å². The molecule has 2 aromatic rings. The molecule has 1 amide bonds. The van der Waals surface area contributed by atoms with Crippen LogP contribution in [0.4, 0.5) is 26.3 Å². The van der Waals surface area contributed by atoms with Crippen molar-refractivity contribution in [2.24, 2.45) is 5.92 Å². The number of carbonyl (C=O) groups is 2. The fourth-order valence-electron chi connectivity index (χ4n) is 6.00. The van der Waals surface area contributed by atoms with E-state index < -0.39 is 40.7 Å². The zero-order valence-electron chi connectivity index (χ0n) is 24.0. The van der Waals surface area contributed by atoms with Gasteiger partial charge in [-0.3, -0.25) is 9.59 Å². The molecule has 2 N–H and O–H groups in total. The number of alkyl halides is 6. The van der Waals surface area contributed by atoms with E-state index in [1.54, 1.807) is 19.2 Å². The van der Waals surface area contributed by atoms with Crippen LogP contribution in [0.1, 0.15) is 73.8 Å². The number of piperidine rings is 1. The van der Waals surface area contributed by atoms with Crippen LogP contribution in [0.2, 0.25) is 0 Å². The van der Waals surface area contributed by atoms with Gasteiger partial charge in [-0.15, -0.1) is 0 Å². The number of Topliss-reactive ketones (excluding diaryl/α,β-unsaturated/α-hetero) is 1. The molecule has 2 aliphatic heterocycles. The molecule has 0 saturated carbocycles. The average Bonchev–Trinajstić information content (AvgIpc) is 3.08. The van der Waals surface area contributed by atoms with Crippen molar-refractivity contribution in [1.82, 2.24) is 10.6 Å². The van der Waals surface area contributed by atoms with Gasteiger partial charge in [0.05, 0.1) is 29.4 Å². The van der Waals surface area contributed by atoms with Gasteiger partial charge in [0.2, 0.25) is 5.91 Å². The standard InChI is InChI=1S/C31H36F6N2O4/c1-20(22-15-24(30(32,33)34)17-25(16-22)31(35,36)37)43-19-29(23-8-4-3-5-9-23)13-12-28(18-38-29)27(41)21(7-6-14-42-2)10-11-26(40)39-28/h3-5,8-9,15-17,20-21,38H,6-7,10-14,18-19H2,1-2H3,(H,39,40)/t20-,21?,28+,29-/m1/s1. The van der Waals surface area contributed by atoms with E-state index in [0.717, 1.165) is 5.56 Å². The SMILES string of the molecule is COCCCC1CCC(=O)N[C@]2(CC[C@@](CO[C@H](C)c3cc(C(F)(F)F)cc(C(F)(F)F)c3)(c3ccccc3)NC2)C1=O. The van der Waals surface area contributed by atoms with Crippen molar-refractivity contribution in [3.63, 3.8) is 0 Å². The third-order valence-electron chi connectivity index (χ3n) is 8.53. The van der Waals surface area contributed by atoms with Gasteiger partial charge in [-0.1, -0.05) is 30.3 Å². The van der Waals surface area contributed by atoms with Gasteiger partial charge in [0.1, 0.15) is 5.54 Å². The van der Waals surface area contributed by atoms with Gasteiger partial charge in [-0.05, 0) is 68.4 Å². The lowest BCUT2D eigenvalue weighted by Crippen LogP contribution is -2.67. The van der Waals surface area contributed by atoms with Crippen molar-refractivity contribution in [3.8, 4) is 0 Å². The van der Waals surface area contributed by atoms with Crippen LogP contribution in [0, 0.1) is 5.92 Å². The van der Waals surface area contributed by atoms with Crippen molar-refractivity contribution < 1.29 is 45.4 Å². The highest BCUT2D eigenvalue weighted by atomic mass is 19.4. The van der Waals surface area contributed by atoms with E-state index in [2.05, 4.69) is 10.6 Å². The summed E-state index contributed by atoms with van der Waals surface area (Å²) >= 11 is 0. The molecule has 0 aromatic heterocycles. The summed E-state index contributed by atoms with van der Waals surface area (Å²) in [5, 5.41) is 6.36. The van der Waals surface area contributed by atoms with E-state index in [1.807, 2.05) is 18.2 Å². The Hall–Kier alpha value is -2.96. The number of nitrogens with one attached hydrogen (secondary N) is 2. The van der Waals surface area contributed by atoms with Crippen LogP contribution in [0.25, 0.3) is 0 Å². The smallest absolute Gasteiger partial charge is 0.385 e. The Morgan fingerprint density at radius 3 is 2.19 bits per heavy atom. The number of carbonyl (C=O) groups excluding carboxylic acids is 2. The number of hydrogen-bond donors (Lipinski definition) is 2. The number of benzene rings is 2. The Kier molecular flexibility index (Phi) is 9.92. The topological polar surface area (TPSA) is 76.7 Å². The van der Waals surface area contributed by atoms with Crippen LogP contribution >= 0.6 is 0 Å². The molecule has 236 valence electrons. The zero-order chi connectivity index (χ0) is 31.5. The largest absolute Gasteiger partial charge is 0.416 e. The molecule has 6 nitrogen and oxygen atoms in total. The molecular weight excluding hydrogens is 578 g/mol. The van der Waals surface area contributed by atoms with Crippen LogP contribution in [-0.2, 0) is 37.0 Å². The van der Waals surface area contributed by atoms with Crippen LogP contribution in [-0.4, -0.2) is 44.1 Å². The van der Waals surface area contributed by atoms with Crippen molar-refractivity contribution in [2.75, 3.05) is 26.9 Å². The molecule has 1 unspecified atom stereocenters. The van der Waals surface area contributed by atoms with Crippen molar-refractivity contribution in [2.45, 2.75) is 75.0 Å². The Labute approximate surface area is 246 Å². The normalized spacial score (nSPS) is 25.8. The molecule has 2 heterocycles. The fraction of sp³-hybridized carbons (Fsp3) is 0.548. The third-order valence-corrected chi connectivity index (χ3v) is 8.53. The Morgan fingerprint density at radius 1 is 0.977 bits per heavy atom. The quantitative estimate of drug-likeness (QED) is 0.255. The summed E-state index contributed by atoms with van der Waals surface area (Å²) in [6, 6.07) is 10.5.